The van der Waals surface area contributed by atoms with E-state index in [1.165, 1.54) is 22.5 Å². The third kappa shape index (κ3) is 4.38. The molecule has 10 heteroatoms. The lowest BCUT2D eigenvalue weighted by Gasteiger charge is -2.31. The average Bonchev–Trinajstić information content (AvgIpc) is 2.79. The molecule has 0 radical (unpaired) electrons. The van der Waals surface area contributed by atoms with Crippen molar-refractivity contribution in [1.82, 2.24) is 4.31 Å². The maximum absolute atomic E-state index is 13.2. The van der Waals surface area contributed by atoms with Crippen molar-refractivity contribution in [2.75, 3.05) is 30.3 Å². The number of hydrogen-bond acceptors (Lipinski definition) is 6. The lowest BCUT2D eigenvalue weighted by Crippen LogP contribution is -2.43. The molecular weight excluding hydrogens is 420 g/mol. The van der Waals surface area contributed by atoms with Crippen molar-refractivity contribution in [1.29, 1.82) is 5.26 Å². The molecule has 0 spiro atoms. The van der Waals surface area contributed by atoms with Gasteiger partial charge in [0.15, 0.2) is 6.61 Å². The fourth-order valence-corrected chi connectivity index (χ4v) is 5.17. The molecule has 0 unspecified atom stereocenters. The van der Waals surface area contributed by atoms with Crippen molar-refractivity contribution in [3.8, 4) is 11.8 Å². The molecule has 1 fully saturated rings. The van der Waals surface area contributed by atoms with Crippen LogP contribution in [0.4, 0.5) is 11.4 Å². The van der Waals surface area contributed by atoms with Gasteiger partial charge in [-0.25, -0.2) is 8.42 Å². The Labute approximate surface area is 179 Å². The molecular formula is C21H20N4O5S. The van der Waals surface area contributed by atoms with E-state index in [2.05, 4.69) is 10.6 Å². The molecule has 1 atom stereocenters. The smallest absolute Gasteiger partial charge is 0.262 e. The molecule has 2 aromatic rings. The number of rotatable bonds is 4. The van der Waals surface area contributed by atoms with Crippen molar-refractivity contribution in [2.45, 2.75) is 17.7 Å². The van der Waals surface area contributed by atoms with Gasteiger partial charge in [-0.3, -0.25) is 9.59 Å². The van der Waals surface area contributed by atoms with Crippen LogP contribution in [-0.2, 0) is 19.6 Å². The zero-order valence-corrected chi connectivity index (χ0v) is 17.3. The van der Waals surface area contributed by atoms with E-state index in [0.29, 0.717) is 42.1 Å². The van der Waals surface area contributed by atoms with E-state index in [1.807, 2.05) is 6.07 Å². The zero-order chi connectivity index (χ0) is 22.0. The van der Waals surface area contributed by atoms with Crippen LogP contribution >= 0.6 is 0 Å². The Morgan fingerprint density at radius 3 is 2.74 bits per heavy atom. The van der Waals surface area contributed by atoms with Gasteiger partial charge >= 0.3 is 0 Å². The quantitative estimate of drug-likeness (QED) is 0.748. The highest BCUT2D eigenvalue weighted by atomic mass is 32.2. The molecule has 2 amide bonds. The van der Waals surface area contributed by atoms with Crippen LogP contribution in [-0.4, -0.2) is 44.2 Å². The average molecular weight is 440 g/mol. The highest BCUT2D eigenvalue weighted by Gasteiger charge is 2.34. The molecule has 160 valence electrons. The second-order valence-electron chi connectivity index (χ2n) is 7.38. The summed E-state index contributed by atoms with van der Waals surface area (Å²) in [6.45, 7) is 0.258. The van der Waals surface area contributed by atoms with E-state index in [9.17, 15) is 18.0 Å². The molecule has 0 bridgehead atoms. The molecule has 2 aromatic carbocycles. The van der Waals surface area contributed by atoms with Crippen LogP contribution in [0, 0.1) is 17.2 Å². The molecule has 2 N–H and O–H groups in total. The second-order valence-corrected chi connectivity index (χ2v) is 9.31. The summed E-state index contributed by atoms with van der Waals surface area (Å²) in [7, 11) is -3.85. The highest BCUT2D eigenvalue weighted by molar-refractivity contribution is 7.89. The predicted molar refractivity (Wildman–Crippen MR) is 112 cm³/mol. The van der Waals surface area contributed by atoms with Gasteiger partial charge in [0.25, 0.3) is 5.91 Å². The van der Waals surface area contributed by atoms with E-state index in [0.717, 1.165) is 0 Å². The molecule has 1 saturated heterocycles. The summed E-state index contributed by atoms with van der Waals surface area (Å²) in [4.78, 5) is 24.3. The molecule has 2 aliphatic heterocycles. The normalized spacial score (nSPS) is 18.8. The Balaban J connectivity index is 1.48. The van der Waals surface area contributed by atoms with Crippen LogP contribution in [0.1, 0.15) is 18.4 Å². The molecule has 2 heterocycles. The number of carbonyl (C=O) groups is 2. The summed E-state index contributed by atoms with van der Waals surface area (Å²) in [5.74, 6) is -0.702. The van der Waals surface area contributed by atoms with E-state index in [-0.39, 0.29) is 29.9 Å². The van der Waals surface area contributed by atoms with Crippen molar-refractivity contribution in [2.24, 2.45) is 5.92 Å². The van der Waals surface area contributed by atoms with Crippen LogP contribution in [0.3, 0.4) is 0 Å². The number of sulfonamides is 1. The molecule has 0 saturated carbocycles. The molecule has 4 rings (SSSR count). The maximum Gasteiger partial charge on any atom is 0.262 e. The Hall–Kier alpha value is -3.42. The number of nitrogens with zero attached hydrogens (tertiary/aromatic N) is 2. The number of ether oxygens (including phenoxy) is 1. The lowest BCUT2D eigenvalue weighted by atomic mass is 9.98. The van der Waals surface area contributed by atoms with E-state index in [1.54, 1.807) is 24.3 Å². The number of piperidine rings is 1. The van der Waals surface area contributed by atoms with Gasteiger partial charge in [0.1, 0.15) is 5.75 Å². The third-order valence-corrected chi connectivity index (χ3v) is 7.12. The number of carbonyl (C=O) groups excluding carboxylic acids is 2. The van der Waals surface area contributed by atoms with Gasteiger partial charge in [-0.05, 0) is 55.3 Å². The summed E-state index contributed by atoms with van der Waals surface area (Å²) < 4.78 is 32.9. The topological polar surface area (TPSA) is 129 Å². The van der Waals surface area contributed by atoms with Crippen molar-refractivity contribution >= 4 is 33.2 Å². The van der Waals surface area contributed by atoms with Gasteiger partial charge in [0.2, 0.25) is 15.9 Å². The van der Waals surface area contributed by atoms with Gasteiger partial charge in [-0.15, -0.1) is 0 Å². The monoisotopic (exact) mass is 440 g/mol. The zero-order valence-electron chi connectivity index (χ0n) is 16.5. The summed E-state index contributed by atoms with van der Waals surface area (Å²) in [5, 5.41) is 14.3. The Morgan fingerprint density at radius 2 is 2.00 bits per heavy atom. The highest BCUT2D eigenvalue weighted by Crippen LogP contribution is 2.32. The molecule has 0 aliphatic carbocycles. The first kappa shape index (κ1) is 20.8. The van der Waals surface area contributed by atoms with Crippen LogP contribution < -0.4 is 15.4 Å². The molecule has 0 aromatic heterocycles. The number of nitrogens with one attached hydrogen (secondary N) is 2. The number of benzene rings is 2. The minimum absolute atomic E-state index is 0.0326. The standard InChI is InChI=1S/C21H20N4O5S/c22-11-14-3-5-16(6-4-14)23-21(27)15-2-1-9-25(12-15)31(28,29)17-7-8-19-18(10-17)24-20(26)13-30-19/h3-8,10,15H,1-2,9,12-13H2,(H,23,27)(H,24,26)/t15-/m1/s1. The summed E-state index contributed by atoms with van der Waals surface area (Å²) in [6, 6.07) is 12.8. The van der Waals surface area contributed by atoms with E-state index in [4.69, 9.17) is 10.00 Å². The lowest BCUT2D eigenvalue weighted by molar-refractivity contribution is -0.121. The molecule has 31 heavy (non-hydrogen) atoms. The summed E-state index contributed by atoms with van der Waals surface area (Å²) in [6.07, 6.45) is 1.12. The Morgan fingerprint density at radius 1 is 1.23 bits per heavy atom. The van der Waals surface area contributed by atoms with Crippen LogP contribution in [0.15, 0.2) is 47.4 Å². The predicted octanol–water partition coefficient (Wildman–Crippen LogP) is 1.93. The number of nitriles is 1. The first-order valence-electron chi connectivity index (χ1n) is 9.75. The van der Waals surface area contributed by atoms with E-state index < -0.39 is 15.9 Å². The first-order valence-corrected chi connectivity index (χ1v) is 11.2. The van der Waals surface area contributed by atoms with Gasteiger partial charge < -0.3 is 15.4 Å². The van der Waals surface area contributed by atoms with Gasteiger partial charge in [-0.2, -0.15) is 9.57 Å². The summed E-state index contributed by atoms with van der Waals surface area (Å²) >= 11 is 0. The fourth-order valence-electron chi connectivity index (χ4n) is 3.62. The SMILES string of the molecule is N#Cc1ccc(NC(=O)[C@@H]2CCCN(S(=O)(=O)c3ccc4c(c3)NC(=O)CO4)C2)cc1. The van der Waals surface area contributed by atoms with Crippen LogP contribution in [0.25, 0.3) is 0 Å². The van der Waals surface area contributed by atoms with Crippen LogP contribution in [0.5, 0.6) is 5.75 Å². The Bertz CT molecular complexity index is 1170. The van der Waals surface area contributed by atoms with Crippen molar-refractivity contribution < 1.29 is 22.7 Å². The first-order chi connectivity index (χ1) is 14.9. The largest absolute Gasteiger partial charge is 0.482 e. The van der Waals surface area contributed by atoms with E-state index >= 15 is 0 Å². The van der Waals surface area contributed by atoms with Gasteiger partial charge in [0.05, 0.1) is 28.1 Å². The van der Waals surface area contributed by atoms with Gasteiger partial charge in [-0.1, -0.05) is 0 Å². The minimum Gasteiger partial charge on any atom is -0.482 e. The number of anilines is 2. The summed E-state index contributed by atoms with van der Waals surface area (Å²) in [5.41, 5.74) is 1.35. The fraction of sp³-hybridized carbons (Fsp3) is 0.286. The maximum atomic E-state index is 13.2. The molecule has 2 aliphatic rings. The Kier molecular flexibility index (Phi) is 5.63. The minimum atomic E-state index is -3.85. The number of hydrogen-bond donors (Lipinski definition) is 2. The van der Waals surface area contributed by atoms with Gasteiger partial charge in [0, 0.05) is 18.8 Å². The van der Waals surface area contributed by atoms with Crippen LogP contribution in [0.2, 0.25) is 0 Å². The molecule has 9 nitrogen and oxygen atoms in total. The van der Waals surface area contributed by atoms with Crippen molar-refractivity contribution in [3.05, 3.63) is 48.0 Å². The number of amides is 2. The third-order valence-electron chi connectivity index (χ3n) is 5.26. The second kappa shape index (κ2) is 8.37. The van der Waals surface area contributed by atoms with Crippen molar-refractivity contribution in [3.63, 3.8) is 0 Å². The number of fused-ring (bicyclic) bond motifs is 1.